The number of halogens is 1. The lowest BCUT2D eigenvalue weighted by Gasteiger charge is -2.24. The van der Waals surface area contributed by atoms with Crippen LogP contribution in [0.2, 0.25) is 0 Å². The molecule has 0 atom stereocenters. The minimum Gasteiger partial charge on any atom is -0.444 e. The van der Waals surface area contributed by atoms with Gasteiger partial charge in [0.25, 0.3) is 0 Å². The molecular formula is C26H48BrN3O2. The summed E-state index contributed by atoms with van der Waals surface area (Å²) in [4.78, 5) is 21.1. The Labute approximate surface area is 206 Å². The number of hydrogen-bond donors (Lipinski definition) is 1. The maximum Gasteiger partial charge on any atom is 0.410 e. The van der Waals surface area contributed by atoms with Gasteiger partial charge in [-0.2, -0.15) is 0 Å². The van der Waals surface area contributed by atoms with Crippen LogP contribution in [0.1, 0.15) is 94.0 Å². The molecule has 2 rings (SSSR count). The van der Waals surface area contributed by atoms with E-state index in [1.54, 1.807) is 13.2 Å². The fourth-order valence-corrected chi connectivity index (χ4v) is 2.28. The van der Waals surface area contributed by atoms with Crippen molar-refractivity contribution in [2.45, 2.75) is 102 Å². The van der Waals surface area contributed by atoms with Gasteiger partial charge in [-0.3, -0.25) is 0 Å². The predicted octanol–water partition coefficient (Wildman–Crippen LogP) is 9.01. The number of amides is 1. The van der Waals surface area contributed by atoms with Crippen LogP contribution in [-0.2, 0) is 11.3 Å². The number of carbonyl (C=O) groups is 1. The van der Waals surface area contributed by atoms with E-state index in [4.69, 9.17) is 4.74 Å². The highest BCUT2D eigenvalue weighted by Gasteiger charge is 2.20. The van der Waals surface area contributed by atoms with Gasteiger partial charge in [-0.1, -0.05) is 83.8 Å². The summed E-state index contributed by atoms with van der Waals surface area (Å²) in [6.45, 7) is 24.2. The van der Waals surface area contributed by atoms with Crippen molar-refractivity contribution in [3.05, 3.63) is 40.3 Å². The molecule has 0 saturated heterocycles. The van der Waals surface area contributed by atoms with Gasteiger partial charge < -0.3 is 14.6 Å². The van der Waals surface area contributed by atoms with Gasteiger partial charge in [-0.25, -0.2) is 9.78 Å². The molecule has 0 unspecified atom stereocenters. The summed E-state index contributed by atoms with van der Waals surface area (Å²) < 4.78 is 6.41. The zero-order valence-electron chi connectivity index (χ0n) is 22.8. The molecule has 0 fully saturated rings. The van der Waals surface area contributed by atoms with Crippen LogP contribution in [0.4, 0.5) is 4.79 Å². The number of H-pyrrole nitrogens is 1. The van der Waals surface area contributed by atoms with Gasteiger partial charge in [0, 0.05) is 11.5 Å². The van der Waals surface area contributed by atoms with Crippen molar-refractivity contribution in [3.63, 3.8) is 0 Å². The number of aromatic nitrogens is 2. The summed E-state index contributed by atoms with van der Waals surface area (Å²) in [5.41, 5.74) is 2.64. The molecule has 1 aromatic heterocycles. The Bertz CT molecular complexity index is 722. The normalized spacial score (nSPS) is 9.31. The van der Waals surface area contributed by atoms with Gasteiger partial charge >= 0.3 is 6.09 Å². The van der Waals surface area contributed by atoms with Crippen molar-refractivity contribution in [2.24, 2.45) is 0 Å². The number of nitrogens with one attached hydrogen (secondary N) is 1. The summed E-state index contributed by atoms with van der Waals surface area (Å²) >= 11 is 3.50. The fraction of sp³-hybridized carbons (Fsp3) is 0.615. The third-order valence-corrected chi connectivity index (χ3v) is 4.08. The molecule has 5 nitrogen and oxygen atoms in total. The lowest BCUT2D eigenvalue weighted by Crippen LogP contribution is -2.34. The third-order valence-electron chi connectivity index (χ3n) is 3.19. The number of carbonyl (C=O) groups excluding carboxylic acids is 1. The van der Waals surface area contributed by atoms with E-state index in [1.165, 1.54) is 11.3 Å². The van der Waals surface area contributed by atoms with E-state index in [0.717, 1.165) is 21.3 Å². The zero-order valence-corrected chi connectivity index (χ0v) is 24.4. The van der Waals surface area contributed by atoms with E-state index in [0.29, 0.717) is 12.4 Å². The van der Waals surface area contributed by atoms with Crippen LogP contribution in [0.25, 0.3) is 11.3 Å². The maximum absolute atomic E-state index is 12.0. The van der Waals surface area contributed by atoms with Crippen LogP contribution in [0.15, 0.2) is 28.9 Å². The van der Waals surface area contributed by atoms with Crippen LogP contribution < -0.4 is 0 Å². The van der Waals surface area contributed by atoms with Gasteiger partial charge in [0.05, 0.1) is 18.4 Å². The molecule has 186 valence electrons. The Balaban J connectivity index is -0.000000822. The van der Waals surface area contributed by atoms with Crippen LogP contribution in [0, 0.1) is 6.92 Å². The lowest BCUT2D eigenvalue weighted by molar-refractivity contribution is 0.0281. The van der Waals surface area contributed by atoms with Crippen LogP contribution in [0.5, 0.6) is 0 Å². The molecule has 0 aliphatic heterocycles. The van der Waals surface area contributed by atoms with Crippen LogP contribution >= 0.6 is 15.9 Å². The molecule has 1 heterocycles. The van der Waals surface area contributed by atoms with E-state index in [-0.39, 0.29) is 6.09 Å². The average Bonchev–Trinajstić information content (AvgIpc) is 3.22. The Hall–Kier alpha value is -1.82. The Kier molecular flexibility index (Phi) is 21.6. The van der Waals surface area contributed by atoms with E-state index < -0.39 is 5.60 Å². The summed E-state index contributed by atoms with van der Waals surface area (Å²) in [5.74, 6) is 0.717. The monoisotopic (exact) mass is 513 g/mol. The third kappa shape index (κ3) is 15.1. The van der Waals surface area contributed by atoms with Gasteiger partial charge in [0.1, 0.15) is 11.4 Å². The highest BCUT2D eigenvalue weighted by Crippen LogP contribution is 2.24. The molecule has 32 heavy (non-hydrogen) atoms. The molecule has 0 spiro atoms. The smallest absolute Gasteiger partial charge is 0.410 e. The van der Waals surface area contributed by atoms with Crippen LogP contribution in [0.3, 0.4) is 0 Å². The van der Waals surface area contributed by atoms with Crippen LogP contribution in [-0.4, -0.2) is 33.6 Å². The Morgan fingerprint density at radius 2 is 1.59 bits per heavy atom. The van der Waals surface area contributed by atoms with Crippen molar-refractivity contribution in [1.29, 1.82) is 0 Å². The quantitative estimate of drug-likeness (QED) is 0.445. The van der Waals surface area contributed by atoms with E-state index in [2.05, 4.69) is 45.8 Å². The zero-order chi connectivity index (χ0) is 25.9. The number of imidazole rings is 1. The lowest BCUT2D eigenvalue weighted by atomic mass is 10.1. The SMILES string of the molecule is CC.CC.CC.CCC.Cc1cc(-c2cnc(CN(C)C(=O)OC(C)(C)C)[nH]2)ccc1Br. The highest BCUT2D eigenvalue weighted by molar-refractivity contribution is 9.10. The van der Waals surface area contributed by atoms with Gasteiger partial charge in [0.2, 0.25) is 0 Å². The number of hydrogen-bond acceptors (Lipinski definition) is 3. The molecule has 1 N–H and O–H groups in total. The topological polar surface area (TPSA) is 58.2 Å². The van der Waals surface area contributed by atoms with E-state index in [9.17, 15) is 4.79 Å². The molecule has 0 aliphatic rings. The molecule has 0 radical (unpaired) electrons. The van der Waals surface area contributed by atoms with Gasteiger partial charge in [-0.05, 0) is 51.0 Å². The van der Waals surface area contributed by atoms with Crippen molar-refractivity contribution in [2.75, 3.05) is 7.05 Å². The minimum absolute atomic E-state index is 0.365. The van der Waals surface area contributed by atoms with Crippen molar-refractivity contribution < 1.29 is 9.53 Å². The molecule has 0 saturated carbocycles. The summed E-state index contributed by atoms with van der Waals surface area (Å²) in [6.07, 6.45) is 2.66. The molecule has 2 aromatic rings. The molecule has 1 amide bonds. The molecule has 6 heteroatoms. The first-order valence-electron chi connectivity index (χ1n) is 11.8. The van der Waals surface area contributed by atoms with E-state index >= 15 is 0 Å². The second-order valence-electron chi connectivity index (χ2n) is 7.25. The first-order chi connectivity index (χ1) is 15.1. The highest BCUT2D eigenvalue weighted by atomic mass is 79.9. The number of aromatic amines is 1. The van der Waals surface area contributed by atoms with Crippen molar-refractivity contribution in [1.82, 2.24) is 14.9 Å². The van der Waals surface area contributed by atoms with Gasteiger partial charge in [-0.15, -0.1) is 0 Å². The number of nitrogens with zero attached hydrogens (tertiary/aromatic N) is 2. The summed E-state index contributed by atoms with van der Waals surface area (Å²) in [5, 5.41) is 0. The number of benzene rings is 1. The van der Waals surface area contributed by atoms with Crippen molar-refractivity contribution in [3.8, 4) is 11.3 Å². The van der Waals surface area contributed by atoms with Gasteiger partial charge in [0.15, 0.2) is 0 Å². The minimum atomic E-state index is -0.505. The van der Waals surface area contributed by atoms with E-state index in [1.807, 2.05) is 81.4 Å². The average molecular weight is 515 g/mol. The Morgan fingerprint density at radius 3 is 2.03 bits per heavy atom. The maximum atomic E-state index is 12.0. The second-order valence-corrected chi connectivity index (χ2v) is 8.11. The largest absolute Gasteiger partial charge is 0.444 e. The molecule has 0 bridgehead atoms. The Morgan fingerprint density at radius 1 is 1.09 bits per heavy atom. The van der Waals surface area contributed by atoms with Crippen molar-refractivity contribution >= 4 is 22.0 Å². The molecular weight excluding hydrogens is 466 g/mol. The standard InChI is InChI=1S/C17H22BrN3O2.C3H8.3C2H6/c1-11-8-12(6-7-13(11)18)14-9-19-15(20-14)10-21(5)16(22)23-17(2,3)4;1-3-2;3*1-2/h6-9H,10H2,1-5H3,(H,19,20);3H2,1-2H3;3*1-2H3. The molecule has 0 aliphatic carbocycles. The first kappa shape index (κ1) is 34.8. The molecule has 1 aromatic carbocycles. The first-order valence-corrected chi connectivity index (χ1v) is 12.6. The number of ether oxygens (including phenoxy) is 1. The number of rotatable bonds is 3. The number of aryl methyl sites for hydroxylation is 1. The second kappa shape index (κ2) is 19.8. The predicted molar refractivity (Wildman–Crippen MR) is 144 cm³/mol. The summed E-state index contributed by atoms with van der Waals surface area (Å²) in [6, 6.07) is 6.11. The summed E-state index contributed by atoms with van der Waals surface area (Å²) in [7, 11) is 1.69. The fourth-order valence-electron chi connectivity index (χ4n) is 2.03.